The van der Waals surface area contributed by atoms with Crippen LogP contribution in [0.2, 0.25) is 0 Å². The first-order valence-electron chi connectivity index (χ1n) is 13.0. The monoisotopic (exact) mass is 375 g/mol. The fraction of sp³-hybridized carbons (Fsp3) is 1.00. The van der Waals surface area contributed by atoms with Gasteiger partial charge in [-0.3, -0.25) is 0 Å². The molecule has 0 aromatic heterocycles. The molecule has 3 aliphatic rings. The van der Waals surface area contributed by atoms with E-state index in [4.69, 9.17) is 0 Å². The van der Waals surface area contributed by atoms with Crippen LogP contribution in [0.4, 0.5) is 0 Å². The normalized spacial score (nSPS) is 34.0. The third-order valence-electron chi connectivity index (χ3n) is 8.65. The second-order valence-electron chi connectivity index (χ2n) is 10.5. The molecule has 0 aromatic carbocycles. The van der Waals surface area contributed by atoms with Crippen LogP contribution in [0.3, 0.4) is 0 Å². The zero-order chi connectivity index (χ0) is 18.9. The van der Waals surface area contributed by atoms with Crippen molar-refractivity contribution in [2.75, 3.05) is 13.1 Å². The Hall–Kier alpha value is -0.0400. The molecule has 0 bridgehead atoms. The lowest BCUT2D eigenvalue weighted by Crippen LogP contribution is -2.43. The van der Waals surface area contributed by atoms with Gasteiger partial charge in [-0.05, 0) is 88.1 Å². The first-order valence-corrected chi connectivity index (χ1v) is 13.0. The number of piperidine rings is 1. The van der Waals surface area contributed by atoms with Crippen molar-refractivity contribution >= 4 is 0 Å². The van der Waals surface area contributed by atoms with Crippen molar-refractivity contribution in [3.05, 3.63) is 0 Å². The van der Waals surface area contributed by atoms with Crippen LogP contribution in [0.5, 0.6) is 0 Å². The van der Waals surface area contributed by atoms with Crippen LogP contribution in [0.15, 0.2) is 0 Å². The molecule has 0 atom stereocenters. The van der Waals surface area contributed by atoms with Gasteiger partial charge in [0, 0.05) is 6.04 Å². The summed E-state index contributed by atoms with van der Waals surface area (Å²) >= 11 is 0. The second-order valence-corrected chi connectivity index (χ2v) is 10.5. The lowest BCUT2D eigenvalue weighted by Gasteiger charge is -2.43. The van der Waals surface area contributed by atoms with E-state index in [1.807, 2.05) is 0 Å². The Balaban J connectivity index is 1.31. The van der Waals surface area contributed by atoms with Gasteiger partial charge in [0.25, 0.3) is 0 Å². The van der Waals surface area contributed by atoms with Crippen molar-refractivity contribution in [3.8, 4) is 0 Å². The molecule has 3 rings (SSSR count). The summed E-state index contributed by atoms with van der Waals surface area (Å²) in [7, 11) is 0. The molecule has 0 unspecified atom stereocenters. The van der Waals surface area contributed by atoms with E-state index in [1.165, 1.54) is 83.7 Å². The summed E-state index contributed by atoms with van der Waals surface area (Å²) in [5.74, 6) is 4.30. The number of hydrogen-bond donors (Lipinski definition) is 0. The van der Waals surface area contributed by atoms with Crippen LogP contribution >= 0.6 is 0 Å². The van der Waals surface area contributed by atoms with Crippen LogP contribution in [-0.4, -0.2) is 24.0 Å². The lowest BCUT2D eigenvalue weighted by atomic mass is 9.69. The number of nitrogens with zero attached hydrogens (tertiary/aromatic N) is 1. The highest BCUT2D eigenvalue weighted by Gasteiger charge is 2.33. The Morgan fingerprint density at radius 1 is 0.556 bits per heavy atom. The molecule has 2 aliphatic carbocycles. The molecule has 0 radical (unpaired) electrons. The van der Waals surface area contributed by atoms with Gasteiger partial charge in [-0.2, -0.15) is 0 Å². The lowest BCUT2D eigenvalue weighted by molar-refractivity contribution is 0.0717. The number of likely N-dealkylation sites (tertiary alicyclic amines) is 1. The molecule has 1 nitrogen and oxygen atoms in total. The van der Waals surface area contributed by atoms with E-state index < -0.39 is 0 Å². The minimum absolute atomic E-state index is 0.943. The highest BCUT2D eigenvalue weighted by molar-refractivity contribution is 4.87. The molecule has 1 saturated heterocycles. The van der Waals surface area contributed by atoms with Crippen LogP contribution in [0.25, 0.3) is 0 Å². The maximum absolute atomic E-state index is 2.90. The van der Waals surface area contributed by atoms with E-state index in [2.05, 4.69) is 18.7 Å². The second kappa shape index (κ2) is 11.8. The van der Waals surface area contributed by atoms with Gasteiger partial charge in [-0.25, -0.2) is 0 Å². The Morgan fingerprint density at radius 2 is 1.07 bits per heavy atom. The van der Waals surface area contributed by atoms with Gasteiger partial charge in [-0.15, -0.1) is 0 Å². The van der Waals surface area contributed by atoms with E-state index >= 15 is 0 Å². The van der Waals surface area contributed by atoms with Crippen LogP contribution in [0, 0.1) is 23.7 Å². The zero-order valence-electron chi connectivity index (χ0n) is 18.8. The molecule has 1 heterocycles. The summed E-state index contributed by atoms with van der Waals surface area (Å²) in [6.45, 7) is 7.50. The zero-order valence-corrected chi connectivity index (χ0v) is 18.8. The highest BCUT2D eigenvalue weighted by Crippen LogP contribution is 2.42. The summed E-state index contributed by atoms with van der Waals surface area (Å²) in [6.07, 6.45) is 25.5. The molecule has 0 N–H and O–H groups in total. The van der Waals surface area contributed by atoms with Gasteiger partial charge >= 0.3 is 0 Å². The summed E-state index contributed by atoms with van der Waals surface area (Å²) in [5.41, 5.74) is 0. The molecule has 0 spiro atoms. The fourth-order valence-electron chi connectivity index (χ4n) is 6.67. The predicted octanol–water partition coefficient (Wildman–Crippen LogP) is 7.83. The summed E-state index contributed by atoms with van der Waals surface area (Å²) in [6, 6.07) is 0.943. The van der Waals surface area contributed by atoms with Crippen molar-refractivity contribution in [1.29, 1.82) is 0 Å². The third kappa shape index (κ3) is 6.76. The highest BCUT2D eigenvalue weighted by atomic mass is 15.2. The van der Waals surface area contributed by atoms with Crippen LogP contribution in [-0.2, 0) is 0 Å². The molecule has 1 aliphatic heterocycles. The van der Waals surface area contributed by atoms with Crippen LogP contribution in [0.1, 0.15) is 123 Å². The van der Waals surface area contributed by atoms with Gasteiger partial charge in [0.15, 0.2) is 0 Å². The Morgan fingerprint density at radius 3 is 1.67 bits per heavy atom. The topological polar surface area (TPSA) is 3.24 Å². The standard InChI is InChI=1S/C26H49N/c1-3-5-7-9-23-18-20-27(21-19-23)26-16-14-25(15-17-26)24-12-10-22(11-13-24)8-6-4-2/h22-26H,3-21H2,1-2H3/t22-,24-,25?,26?. The average Bonchev–Trinajstić information content (AvgIpc) is 2.73. The number of unbranched alkanes of at least 4 members (excludes halogenated alkanes) is 3. The van der Waals surface area contributed by atoms with E-state index in [9.17, 15) is 0 Å². The minimum Gasteiger partial charge on any atom is -0.300 e. The smallest absolute Gasteiger partial charge is 0.00954 e. The number of rotatable bonds is 9. The average molecular weight is 376 g/mol. The maximum atomic E-state index is 2.90. The fourth-order valence-corrected chi connectivity index (χ4v) is 6.67. The van der Waals surface area contributed by atoms with Gasteiger partial charge in [0.2, 0.25) is 0 Å². The SMILES string of the molecule is CCCCCC1CCN(C2CCC([C@H]3CC[C@H](CCCC)CC3)CC2)CC1. The molecule has 3 fully saturated rings. The Kier molecular flexibility index (Phi) is 9.50. The van der Waals surface area contributed by atoms with E-state index in [0.29, 0.717) is 0 Å². The molecular weight excluding hydrogens is 326 g/mol. The van der Waals surface area contributed by atoms with Crippen molar-refractivity contribution in [2.24, 2.45) is 23.7 Å². The van der Waals surface area contributed by atoms with Crippen molar-refractivity contribution in [1.82, 2.24) is 4.90 Å². The van der Waals surface area contributed by atoms with Gasteiger partial charge in [0.05, 0.1) is 0 Å². The van der Waals surface area contributed by atoms with E-state index in [-0.39, 0.29) is 0 Å². The summed E-state index contributed by atoms with van der Waals surface area (Å²) < 4.78 is 0. The first-order chi connectivity index (χ1) is 13.3. The quantitative estimate of drug-likeness (QED) is 0.371. The van der Waals surface area contributed by atoms with Crippen molar-refractivity contribution in [2.45, 2.75) is 129 Å². The molecule has 0 amide bonds. The third-order valence-corrected chi connectivity index (χ3v) is 8.65. The first kappa shape index (κ1) is 21.7. The van der Waals surface area contributed by atoms with E-state index in [1.54, 1.807) is 38.5 Å². The van der Waals surface area contributed by atoms with Gasteiger partial charge in [-0.1, -0.05) is 71.6 Å². The maximum Gasteiger partial charge on any atom is 0.00954 e. The van der Waals surface area contributed by atoms with Gasteiger partial charge < -0.3 is 4.90 Å². The summed E-state index contributed by atoms with van der Waals surface area (Å²) in [4.78, 5) is 2.90. The minimum atomic E-state index is 0.943. The molecule has 2 saturated carbocycles. The number of hydrogen-bond acceptors (Lipinski definition) is 1. The van der Waals surface area contributed by atoms with Gasteiger partial charge in [0.1, 0.15) is 0 Å². The summed E-state index contributed by atoms with van der Waals surface area (Å²) in [5, 5.41) is 0. The molecule has 27 heavy (non-hydrogen) atoms. The molecule has 0 aromatic rings. The Bertz CT molecular complexity index is 368. The Labute approximate surface area is 171 Å². The van der Waals surface area contributed by atoms with Crippen molar-refractivity contribution < 1.29 is 0 Å². The van der Waals surface area contributed by atoms with Crippen molar-refractivity contribution in [3.63, 3.8) is 0 Å². The van der Waals surface area contributed by atoms with E-state index in [0.717, 1.165) is 29.7 Å². The largest absolute Gasteiger partial charge is 0.300 e. The predicted molar refractivity (Wildman–Crippen MR) is 119 cm³/mol. The molecule has 158 valence electrons. The van der Waals surface area contributed by atoms with Crippen LogP contribution < -0.4 is 0 Å². The molecule has 1 heteroatoms. The molecular formula is C26H49N.